The number of benzene rings is 2. The number of nitrogens with zero attached hydrogens (tertiary/aromatic N) is 1. The average Bonchev–Trinajstić information content (AvgIpc) is 2.62. The van der Waals surface area contributed by atoms with E-state index in [1.165, 1.54) is 6.07 Å². The molecule has 5 nitrogen and oxygen atoms in total. The molecule has 4 aromatic rings. The van der Waals surface area contributed by atoms with Crippen molar-refractivity contribution in [3.63, 3.8) is 0 Å². The summed E-state index contributed by atoms with van der Waals surface area (Å²) in [5.74, 6) is 0. The van der Waals surface area contributed by atoms with Crippen molar-refractivity contribution in [2.24, 2.45) is 0 Å². The summed E-state index contributed by atoms with van der Waals surface area (Å²) in [6.45, 7) is 1.72. The molecule has 0 spiro atoms. The minimum absolute atomic E-state index is 0.279. The van der Waals surface area contributed by atoms with Gasteiger partial charge in [-0.15, -0.1) is 0 Å². The summed E-state index contributed by atoms with van der Waals surface area (Å²) in [5, 5.41) is 2.14. The van der Waals surface area contributed by atoms with Crippen LogP contribution in [-0.4, -0.2) is 15.0 Å². The third-order valence-electron chi connectivity index (χ3n) is 4.12. The first kappa shape index (κ1) is 18.8. The fourth-order valence-electron chi connectivity index (χ4n) is 2.98. The normalized spacial score (nSPS) is 11.1. The molecular formula is C20H13Cl2N3O2S. The van der Waals surface area contributed by atoms with Crippen LogP contribution < -0.4 is 11.1 Å². The number of aromatic amines is 2. The first-order valence-corrected chi connectivity index (χ1v) is 9.86. The van der Waals surface area contributed by atoms with Crippen molar-refractivity contribution in [3.05, 3.63) is 85.0 Å². The average molecular weight is 430 g/mol. The Morgan fingerprint density at radius 2 is 1.79 bits per heavy atom. The van der Waals surface area contributed by atoms with Crippen LogP contribution in [-0.2, 0) is 0 Å². The van der Waals surface area contributed by atoms with Crippen LogP contribution in [0.2, 0.25) is 10.0 Å². The zero-order valence-corrected chi connectivity index (χ0v) is 16.9. The summed E-state index contributed by atoms with van der Waals surface area (Å²) in [4.78, 5) is 35.0. The quantitative estimate of drug-likeness (QED) is 0.446. The highest BCUT2D eigenvalue weighted by molar-refractivity contribution is 7.99. The van der Waals surface area contributed by atoms with E-state index < -0.39 is 0 Å². The summed E-state index contributed by atoms with van der Waals surface area (Å²) in [6, 6.07) is 14.0. The Hall–Kier alpha value is -2.54. The van der Waals surface area contributed by atoms with Gasteiger partial charge >= 0.3 is 0 Å². The zero-order chi connectivity index (χ0) is 19.8. The molecule has 2 aromatic heterocycles. The molecule has 0 amide bonds. The molecule has 0 aliphatic heterocycles. The van der Waals surface area contributed by atoms with Crippen LogP contribution in [0.4, 0.5) is 0 Å². The first-order valence-electron chi connectivity index (χ1n) is 8.28. The molecule has 0 saturated carbocycles. The Morgan fingerprint density at radius 1 is 1.00 bits per heavy atom. The Labute approximate surface area is 173 Å². The van der Waals surface area contributed by atoms with Crippen LogP contribution in [0.1, 0.15) is 5.69 Å². The lowest BCUT2D eigenvalue weighted by Gasteiger charge is -2.14. The van der Waals surface area contributed by atoms with Gasteiger partial charge < -0.3 is 9.97 Å². The number of hydrogen-bond acceptors (Lipinski definition) is 4. The zero-order valence-electron chi connectivity index (χ0n) is 14.5. The van der Waals surface area contributed by atoms with E-state index in [0.717, 1.165) is 17.1 Å². The van der Waals surface area contributed by atoms with Crippen LogP contribution in [0, 0.1) is 6.92 Å². The second-order valence-electron chi connectivity index (χ2n) is 6.12. The molecule has 0 aliphatic rings. The summed E-state index contributed by atoms with van der Waals surface area (Å²) < 4.78 is 0. The third kappa shape index (κ3) is 3.58. The third-order valence-corrected chi connectivity index (χ3v) is 5.67. The molecule has 2 aromatic carbocycles. The maximum atomic E-state index is 12.9. The first-order chi connectivity index (χ1) is 13.4. The van der Waals surface area contributed by atoms with Crippen LogP contribution >= 0.6 is 35.0 Å². The molecule has 4 rings (SSSR count). The van der Waals surface area contributed by atoms with Crippen molar-refractivity contribution in [2.75, 3.05) is 0 Å². The lowest BCUT2D eigenvalue weighted by atomic mass is 10.0. The lowest BCUT2D eigenvalue weighted by Crippen LogP contribution is -2.13. The molecule has 0 fully saturated rings. The minimum atomic E-state index is -0.321. The van der Waals surface area contributed by atoms with E-state index in [1.807, 2.05) is 24.3 Å². The number of aryl methyl sites for hydroxylation is 1. The molecule has 8 heteroatoms. The summed E-state index contributed by atoms with van der Waals surface area (Å²) >= 11 is 13.6. The number of hydrogen-bond donors (Lipinski definition) is 2. The molecule has 0 bridgehead atoms. The predicted molar refractivity (Wildman–Crippen MR) is 114 cm³/mol. The van der Waals surface area contributed by atoms with E-state index in [-0.39, 0.29) is 11.1 Å². The largest absolute Gasteiger partial charge is 0.321 e. The number of fused-ring (bicyclic) bond motifs is 1. The van der Waals surface area contributed by atoms with Crippen LogP contribution in [0.5, 0.6) is 0 Å². The standard InChI is InChI=1S/C20H13Cl2N3O2S/c1-10-8-16(26)25-20(23-10)28-18-17(12-4-2-3-5-14(12)22)13-7-6-11(21)9-15(13)24-19(18)27/h2-9H,1H3,(H,24,27)(H,23,25,26). The molecule has 0 atom stereocenters. The molecule has 140 valence electrons. The van der Waals surface area contributed by atoms with Crippen molar-refractivity contribution in [1.29, 1.82) is 0 Å². The van der Waals surface area contributed by atoms with Gasteiger partial charge in [0.15, 0.2) is 5.16 Å². The Balaban J connectivity index is 2.05. The van der Waals surface area contributed by atoms with Gasteiger partial charge in [0.2, 0.25) is 0 Å². The molecule has 0 radical (unpaired) electrons. The van der Waals surface area contributed by atoms with E-state index in [9.17, 15) is 9.59 Å². The Morgan fingerprint density at radius 3 is 2.54 bits per heavy atom. The number of pyridine rings is 1. The van der Waals surface area contributed by atoms with Crippen molar-refractivity contribution >= 4 is 45.9 Å². The van der Waals surface area contributed by atoms with Crippen LogP contribution in [0.15, 0.2) is 68.2 Å². The maximum Gasteiger partial charge on any atom is 0.263 e. The van der Waals surface area contributed by atoms with E-state index in [0.29, 0.717) is 42.4 Å². The van der Waals surface area contributed by atoms with Crippen molar-refractivity contribution in [2.45, 2.75) is 17.0 Å². The van der Waals surface area contributed by atoms with Gasteiger partial charge in [0.1, 0.15) is 0 Å². The Bertz CT molecular complexity index is 1330. The Kier molecular flexibility index (Phi) is 5.02. The summed E-state index contributed by atoms with van der Waals surface area (Å²) in [7, 11) is 0. The second kappa shape index (κ2) is 7.47. The monoisotopic (exact) mass is 429 g/mol. The number of rotatable bonds is 3. The topological polar surface area (TPSA) is 78.6 Å². The predicted octanol–water partition coefficient (Wildman–Crippen LogP) is 5.04. The molecule has 0 unspecified atom stereocenters. The fraction of sp³-hybridized carbons (Fsp3) is 0.0500. The molecule has 0 aliphatic carbocycles. The highest BCUT2D eigenvalue weighted by Crippen LogP contribution is 2.39. The van der Waals surface area contributed by atoms with Crippen molar-refractivity contribution in [1.82, 2.24) is 15.0 Å². The lowest BCUT2D eigenvalue weighted by molar-refractivity contribution is 0.904. The van der Waals surface area contributed by atoms with Crippen LogP contribution in [0.3, 0.4) is 0 Å². The van der Waals surface area contributed by atoms with Gasteiger partial charge in [-0.1, -0.05) is 47.5 Å². The van der Waals surface area contributed by atoms with E-state index in [2.05, 4.69) is 15.0 Å². The smallest absolute Gasteiger partial charge is 0.263 e. The highest BCUT2D eigenvalue weighted by Gasteiger charge is 2.19. The molecule has 2 heterocycles. The molecule has 0 saturated heterocycles. The number of halogens is 2. The van der Waals surface area contributed by atoms with Gasteiger partial charge in [0, 0.05) is 38.3 Å². The SMILES string of the molecule is Cc1cc(=O)[nH]c(Sc2c(-c3ccccc3Cl)c3ccc(Cl)cc3[nH]c2=O)n1. The van der Waals surface area contributed by atoms with Crippen molar-refractivity contribution < 1.29 is 0 Å². The van der Waals surface area contributed by atoms with E-state index in [1.54, 1.807) is 25.1 Å². The molecule has 28 heavy (non-hydrogen) atoms. The summed E-state index contributed by atoms with van der Waals surface area (Å²) in [6.07, 6.45) is 0. The van der Waals surface area contributed by atoms with Gasteiger partial charge in [-0.3, -0.25) is 9.59 Å². The minimum Gasteiger partial charge on any atom is -0.321 e. The van der Waals surface area contributed by atoms with Gasteiger partial charge in [0.25, 0.3) is 11.1 Å². The highest BCUT2D eigenvalue weighted by atomic mass is 35.5. The fourth-order valence-corrected chi connectivity index (χ4v) is 4.38. The second-order valence-corrected chi connectivity index (χ2v) is 7.96. The van der Waals surface area contributed by atoms with E-state index >= 15 is 0 Å². The number of H-pyrrole nitrogens is 2. The maximum absolute atomic E-state index is 12.9. The van der Waals surface area contributed by atoms with E-state index in [4.69, 9.17) is 23.2 Å². The molecular weight excluding hydrogens is 417 g/mol. The van der Waals surface area contributed by atoms with Gasteiger partial charge in [-0.05, 0) is 36.9 Å². The van der Waals surface area contributed by atoms with Crippen molar-refractivity contribution in [3.8, 4) is 11.1 Å². The van der Waals surface area contributed by atoms with Crippen LogP contribution in [0.25, 0.3) is 22.0 Å². The van der Waals surface area contributed by atoms with Gasteiger partial charge in [-0.25, -0.2) is 4.98 Å². The van der Waals surface area contributed by atoms with Gasteiger partial charge in [-0.2, -0.15) is 0 Å². The number of aromatic nitrogens is 3. The molecule has 2 N–H and O–H groups in total. The summed E-state index contributed by atoms with van der Waals surface area (Å²) in [5.41, 5.74) is 1.93. The number of nitrogens with one attached hydrogen (secondary N) is 2. The van der Waals surface area contributed by atoms with Gasteiger partial charge in [0.05, 0.1) is 10.4 Å².